The van der Waals surface area contributed by atoms with E-state index in [-0.39, 0.29) is 35.4 Å². The minimum absolute atomic E-state index is 0.140. The summed E-state index contributed by atoms with van der Waals surface area (Å²) in [6.45, 7) is 9.02. The Kier molecular flexibility index (Phi) is 7.44. The van der Waals surface area contributed by atoms with Gasteiger partial charge in [0.25, 0.3) is 0 Å². The van der Waals surface area contributed by atoms with E-state index in [2.05, 4.69) is 34.9 Å². The monoisotopic (exact) mass is 587 g/mol. The van der Waals surface area contributed by atoms with E-state index in [9.17, 15) is 19.2 Å². The first-order valence-corrected chi connectivity index (χ1v) is 15.3. The molecule has 0 saturated carbocycles. The van der Waals surface area contributed by atoms with Crippen molar-refractivity contribution in [1.82, 2.24) is 24.7 Å². The number of fused-ring (bicyclic) bond motifs is 1. The van der Waals surface area contributed by atoms with Gasteiger partial charge in [-0.25, -0.2) is 9.59 Å². The lowest BCUT2D eigenvalue weighted by molar-refractivity contribution is -0.135. The minimum Gasteiger partial charge on any atom is -0.444 e. The summed E-state index contributed by atoms with van der Waals surface area (Å²) in [6.07, 6.45) is 3.37. The Morgan fingerprint density at radius 1 is 0.953 bits per heavy atom. The second kappa shape index (κ2) is 11.0. The number of aromatic nitrogens is 2. The second-order valence-corrected chi connectivity index (χ2v) is 13.3. The van der Waals surface area contributed by atoms with Crippen LogP contribution in [0.2, 0.25) is 0 Å². The summed E-state index contributed by atoms with van der Waals surface area (Å²) in [4.78, 5) is 52.3. The molecule has 2 atom stereocenters. The van der Waals surface area contributed by atoms with Gasteiger partial charge >= 0.3 is 11.8 Å². The van der Waals surface area contributed by atoms with Crippen molar-refractivity contribution in [2.45, 2.75) is 70.4 Å². The topological polar surface area (TPSA) is 115 Å². The number of hydrogen-bond acceptors (Lipinski definition) is 6. The highest BCUT2D eigenvalue weighted by Crippen LogP contribution is 2.49. The third kappa shape index (κ3) is 5.48. The minimum atomic E-state index is -0.711. The molecule has 2 aromatic carbocycles. The Bertz CT molecular complexity index is 1620. The molecule has 3 amide bonds. The first-order chi connectivity index (χ1) is 20.5. The molecule has 10 heteroatoms. The quantitative estimate of drug-likeness (QED) is 0.447. The van der Waals surface area contributed by atoms with Crippen LogP contribution < -0.4 is 16.3 Å². The third-order valence-corrected chi connectivity index (χ3v) is 9.53. The number of rotatable bonds is 3. The van der Waals surface area contributed by atoms with E-state index in [0.717, 1.165) is 49.0 Å². The average Bonchev–Trinajstić information content (AvgIpc) is 3.22. The number of aryl methyl sites for hydroxylation is 1. The van der Waals surface area contributed by atoms with E-state index in [4.69, 9.17) is 4.74 Å². The highest BCUT2D eigenvalue weighted by molar-refractivity contribution is 6.00. The van der Waals surface area contributed by atoms with Crippen molar-refractivity contribution < 1.29 is 19.1 Å². The van der Waals surface area contributed by atoms with Crippen LogP contribution in [0.4, 0.5) is 4.79 Å². The van der Waals surface area contributed by atoms with Crippen LogP contribution in [0.15, 0.2) is 47.3 Å². The van der Waals surface area contributed by atoms with Gasteiger partial charge in [-0.1, -0.05) is 30.3 Å². The largest absolute Gasteiger partial charge is 0.444 e. The predicted octanol–water partition coefficient (Wildman–Crippen LogP) is 4.08. The maximum Gasteiger partial charge on any atom is 0.410 e. The number of likely N-dealkylation sites (tertiary alicyclic amines) is 1. The molecule has 3 aromatic rings. The number of hydrogen-bond donors (Lipinski definition) is 2. The van der Waals surface area contributed by atoms with Crippen LogP contribution in [-0.2, 0) is 21.4 Å². The number of imide groups is 1. The third-order valence-electron chi connectivity index (χ3n) is 9.53. The molecule has 3 aliphatic rings. The summed E-state index contributed by atoms with van der Waals surface area (Å²) < 4.78 is 8.79. The first kappa shape index (κ1) is 29.2. The molecule has 2 N–H and O–H groups in total. The molecule has 0 aliphatic carbocycles. The van der Waals surface area contributed by atoms with Gasteiger partial charge in [0.1, 0.15) is 11.6 Å². The summed E-state index contributed by atoms with van der Waals surface area (Å²) in [6, 6.07) is 13.7. The number of benzene rings is 2. The van der Waals surface area contributed by atoms with Gasteiger partial charge in [-0.05, 0) is 93.8 Å². The lowest BCUT2D eigenvalue weighted by Crippen LogP contribution is -2.52. The summed E-state index contributed by atoms with van der Waals surface area (Å²) in [5.41, 5.74) is 3.92. The van der Waals surface area contributed by atoms with E-state index in [1.807, 2.05) is 43.9 Å². The fourth-order valence-corrected chi connectivity index (χ4v) is 7.19. The fraction of sp³-hybridized carbons (Fsp3) is 0.515. The maximum atomic E-state index is 13.2. The Morgan fingerprint density at radius 2 is 1.65 bits per heavy atom. The van der Waals surface area contributed by atoms with Crippen molar-refractivity contribution in [3.63, 3.8) is 0 Å². The molecule has 2 unspecified atom stereocenters. The van der Waals surface area contributed by atoms with Crippen LogP contribution in [0.25, 0.3) is 22.2 Å². The van der Waals surface area contributed by atoms with Crippen molar-refractivity contribution in [3.8, 4) is 11.1 Å². The van der Waals surface area contributed by atoms with Crippen molar-refractivity contribution in [2.75, 3.05) is 26.2 Å². The maximum absolute atomic E-state index is 13.2. The first-order valence-electron chi connectivity index (χ1n) is 15.3. The van der Waals surface area contributed by atoms with E-state index in [1.54, 1.807) is 11.6 Å². The highest BCUT2D eigenvalue weighted by atomic mass is 16.6. The number of piperidine rings is 3. The predicted molar refractivity (Wildman–Crippen MR) is 164 cm³/mol. The van der Waals surface area contributed by atoms with E-state index >= 15 is 0 Å². The summed E-state index contributed by atoms with van der Waals surface area (Å²) in [7, 11) is 1.71. The van der Waals surface area contributed by atoms with Gasteiger partial charge in [-0.2, -0.15) is 0 Å². The Labute approximate surface area is 251 Å². The van der Waals surface area contributed by atoms with E-state index < -0.39 is 17.6 Å². The molecule has 6 rings (SSSR count). The van der Waals surface area contributed by atoms with Gasteiger partial charge in [0.2, 0.25) is 11.8 Å². The zero-order chi connectivity index (χ0) is 30.5. The molecule has 43 heavy (non-hydrogen) atoms. The second-order valence-electron chi connectivity index (χ2n) is 13.3. The molecule has 1 spiro atoms. The Hall–Kier alpha value is -3.92. The molecule has 3 fully saturated rings. The van der Waals surface area contributed by atoms with Crippen molar-refractivity contribution >= 4 is 28.9 Å². The van der Waals surface area contributed by atoms with Crippen LogP contribution in [0.1, 0.15) is 70.4 Å². The zero-order valence-corrected chi connectivity index (χ0v) is 25.4. The summed E-state index contributed by atoms with van der Waals surface area (Å²) in [5.74, 6) is -0.544. The van der Waals surface area contributed by atoms with Crippen LogP contribution in [0.3, 0.4) is 0 Å². The summed E-state index contributed by atoms with van der Waals surface area (Å²) in [5, 5.41) is 5.87. The van der Waals surface area contributed by atoms with Crippen molar-refractivity contribution in [1.29, 1.82) is 0 Å². The molecule has 1 aromatic heterocycles. The molecule has 10 nitrogen and oxygen atoms in total. The fourth-order valence-electron chi connectivity index (χ4n) is 7.19. The number of amides is 3. The molecule has 3 saturated heterocycles. The molecule has 4 heterocycles. The standard InChI is InChI=1S/C33H41N5O5/c1-32(2,3)43-31(42)37-18-15-33(13-16-34-17-14-33)24(20-37)22-7-5-21(6-8-22)23-9-10-25-27(19-23)36(4)30(41)38(25)26-11-12-28(39)35-29(26)40/h5-10,19,24,26,34H,11-18,20H2,1-4H3,(H,35,39,40). The van der Waals surface area contributed by atoms with Gasteiger partial charge in [0.15, 0.2) is 0 Å². The molecule has 0 bridgehead atoms. The smallest absolute Gasteiger partial charge is 0.410 e. The highest BCUT2D eigenvalue weighted by Gasteiger charge is 2.45. The number of carbonyl (C=O) groups is 3. The molecule has 0 radical (unpaired) electrons. The number of nitrogens with one attached hydrogen (secondary N) is 2. The van der Waals surface area contributed by atoms with Crippen LogP contribution in [0.5, 0.6) is 0 Å². The van der Waals surface area contributed by atoms with Crippen LogP contribution in [0, 0.1) is 5.41 Å². The van der Waals surface area contributed by atoms with Crippen molar-refractivity contribution in [2.24, 2.45) is 12.5 Å². The average molecular weight is 588 g/mol. The normalized spacial score (nSPS) is 22.6. The molecule has 3 aliphatic heterocycles. The van der Waals surface area contributed by atoms with Gasteiger partial charge in [0, 0.05) is 32.5 Å². The Morgan fingerprint density at radius 3 is 2.33 bits per heavy atom. The lowest BCUT2D eigenvalue weighted by Gasteiger charge is -2.50. The number of imidazole rings is 1. The van der Waals surface area contributed by atoms with Crippen LogP contribution in [-0.4, -0.2) is 63.7 Å². The van der Waals surface area contributed by atoms with E-state index in [0.29, 0.717) is 25.0 Å². The molecule has 228 valence electrons. The molecular weight excluding hydrogens is 546 g/mol. The van der Waals surface area contributed by atoms with Gasteiger partial charge < -0.3 is 15.0 Å². The van der Waals surface area contributed by atoms with E-state index in [1.165, 1.54) is 10.1 Å². The van der Waals surface area contributed by atoms with Gasteiger partial charge in [-0.15, -0.1) is 0 Å². The zero-order valence-electron chi connectivity index (χ0n) is 25.4. The lowest BCUT2D eigenvalue weighted by atomic mass is 9.62. The SMILES string of the molecule is Cn1c(=O)n(C2CCC(=O)NC2=O)c2ccc(-c3ccc(C4CN(C(=O)OC(C)(C)C)CCC45CCNCC5)cc3)cc21. The summed E-state index contributed by atoms with van der Waals surface area (Å²) >= 11 is 0. The molecular formula is C33H41N5O5. The van der Waals surface area contributed by atoms with Crippen molar-refractivity contribution in [3.05, 3.63) is 58.5 Å². The number of ether oxygens (including phenoxy) is 1. The number of carbonyl (C=O) groups excluding carboxylic acids is 3. The van der Waals surface area contributed by atoms with Gasteiger partial charge in [-0.3, -0.25) is 24.0 Å². The Balaban J connectivity index is 1.29. The number of nitrogens with zero attached hydrogens (tertiary/aromatic N) is 3. The van der Waals surface area contributed by atoms with Gasteiger partial charge in [0.05, 0.1) is 11.0 Å². The van der Waals surface area contributed by atoms with Crippen LogP contribution >= 0.6 is 0 Å².